The highest BCUT2D eigenvalue weighted by Gasteiger charge is 2.27. The second-order valence-electron chi connectivity index (χ2n) is 18.0. The number of pyridine rings is 4. The van der Waals surface area contributed by atoms with E-state index in [2.05, 4.69) is 65.5 Å². The molecule has 0 radical (unpaired) electrons. The third kappa shape index (κ3) is 13.2. The number of nitrogens with two attached hydrogens (primary N) is 2. The van der Waals surface area contributed by atoms with Gasteiger partial charge in [-0.2, -0.15) is 10.2 Å². The monoisotopic (exact) mass is 996 g/mol. The van der Waals surface area contributed by atoms with Crippen molar-refractivity contribution in [3.05, 3.63) is 155 Å². The number of rotatable bonds is 15. The maximum absolute atomic E-state index is 13.5. The minimum Gasteiger partial charge on any atom is -0.383 e. The van der Waals surface area contributed by atoms with Gasteiger partial charge in [-0.25, -0.2) is 23.4 Å². The van der Waals surface area contributed by atoms with E-state index in [1.54, 1.807) is 59.7 Å². The lowest BCUT2D eigenvalue weighted by Gasteiger charge is -2.23. The number of amides is 4. The summed E-state index contributed by atoms with van der Waals surface area (Å²) in [6, 6.07) is 19.9. The molecule has 0 fully saturated rings. The van der Waals surface area contributed by atoms with Crippen LogP contribution in [0.15, 0.2) is 110 Å². The molecule has 6 aromatic heterocycles. The van der Waals surface area contributed by atoms with Gasteiger partial charge in [0, 0.05) is 40.2 Å². The fraction of sp³-hybridized carbons (Fsp3) is 0.240. The molecule has 7 N–H and O–H groups in total. The smallest absolute Gasteiger partial charge is 0.314 e. The van der Waals surface area contributed by atoms with Crippen LogP contribution in [0.4, 0.5) is 31.8 Å². The maximum Gasteiger partial charge on any atom is 0.314 e. The molecule has 0 unspecified atom stereocenters. The van der Waals surface area contributed by atoms with Gasteiger partial charge in [0.25, 0.3) is 0 Å². The van der Waals surface area contributed by atoms with E-state index >= 15 is 0 Å². The summed E-state index contributed by atoms with van der Waals surface area (Å²) in [7, 11) is -1.27. The van der Waals surface area contributed by atoms with E-state index in [0.29, 0.717) is 50.9 Å². The predicted molar refractivity (Wildman–Crippen MR) is 271 cm³/mol. The summed E-state index contributed by atoms with van der Waals surface area (Å²) in [5.41, 5.74) is 17.8. The van der Waals surface area contributed by atoms with Crippen molar-refractivity contribution in [1.82, 2.24) is 49.7 Å². The summed E-state index contributed by atoms with van der Waals surface area (Å²) in [5, 5.41) is 17.3. The topological polar surface area (TPSA) is 258 Å². The zero-order valence-corrected chi connectivity index (χ0v) is 41.3. The first kappa shape index (κ1) is 51.3. The molecule has 0 aliphatic rings. The Kier molecular flexibility index (Phi) is 16.4. The zero-order valence-electron chi connectivity index (χ0n) is 40.3. The predicted octanol–water partition coefficient (Wildman–Crippen LogP) is 6.89. The summed E-state index contributed by atoms with van der Waals surface area (Å²) in [6.07, 6.45) is 9.05. The van der Waals surface area contributed by atoms with Crippen LogP contribution < -0.4 is 22.1 Å². The molecule has 0 saturated heterocycles. The molecule has 2 aromatic carbocycles. The number of aromatic amines is 1. The van der Waals surface area contributed by atoms with Gasteiger partial charge in [0.05, 0.1) is 82.4 Å². The van der Waals surface area contributed by atoms with E-state index < -0.39 is 31.7 Å². The van der Waals surface area contributed by atoms with Crippen molar-refractivity contribution in [2.24, 2.45) is 0 Å². The van der Waals surface area contributed by atoms with Gasteiger partial charge in [0.1, 0.15) is 30.0 Å². The van der Waals surface area contributed by atoms with Crippen molar-refractivity contribution < 1.29 is 32.7 Å². The quantitative estimate of drug-likeness (QED) is 0.0399. The van der Waals surface area contributed by atoms with Crippen molar-refractivity contribution >= 4 is 76.5 Å². The number of benzene rings is 2. The number of aryl methyl sites for hydroxylation is 2. The highest BCUT2D eigenvalue weighted by molar-refractivity contribution is 6.76. The summed E-state index contributed by atoms with van der Waals surface area (Å²) >= 11 is 0. The average molecular weight is 997 g/mol. The number of halogens is 2. The van der Waals surface area contributed by atoms with E-state index in [0.717, 1.165) is 17.2 Å². The Bertz CT molecular complexity index is 3220. The van der Waals surface area contributed by atoms with Crippen molar-refractivity contribution in [2.75, 3.05) is 28.7 Å². The number of ether oxygens (including phenoxy) is 1. The van der Waals surface area contributed by atoms with Crippen LogP contribution in [-0.4, -0.2) is 88.0 Å². The van der Waals surface area contributed by atoms with Gasteiger partial charge >= 0.3 is 23.6 Å². The number of hydrogen-bond acceptors (Lipinski definition) is 13. The highest BCUT2D eigenvalue weighted by atomic mass is 28.3. The molecule has 0 aliphatic heterocycles. The number of anilines is 4. The number of hydrogen-bond donors (Lipinski definition) is 5. The Hall–Kier alpha value is -8.50. The molecule has 4 amide bonds. The van der Waals surface area contributed by atoms with Gasteiger partial charge in [-0.1, -0.05) is 56.0 Å². The van der Waals surface area contributed by atoms with Crippen LogP contribution in [-0.2, 0) is 56.8 Å². The summed E-state index contributed by atoms with van der Waals surface area (Å²) < 4.78 is 34.2. The van der Waals surface area contributed by atoms with Crippen molar-refractivity contribution in [3.63, 3.8) is 0 Å². The molecule has 6 heterocycles. The molecule has 72 heavy (non-hydrogen) atoms. The Morgan fingerprint density at radius 1 is 0.667 bits per heavy atom. The number of carbonyl (C=O) groups excluding carboxylic acids is 4. The van der Waals surface area contributed by atoms with Crippen LogP contribution in [0.25, 0.3) is 21.8 Å². The number of nitrogen functional groups attached to an aromatic ring is 2. The van der Waals surface area contributed by atoms with Crippen LogP contribution in [0.1, 0.15) is 33.6 Å². The number of carbonyl (C=O) groups is 4. The van der Waals surface area contributed by atoms with Crippen molar-refractivity contribution in [2.45, 2.75) is 72.4 Å². The Morgan fingerprint density at radius 3 is 1.68 bits per heavy atom. The number of fused-ring (bicyclic) bond motifs is 2. The molecule has 19 nitrogen and oxygen atoms in total. The molecule has 0 bridgehead atoms. The number of H-pyrrole nitrogens is 1. The molecule has 0 atom stereocenters. The van der Waals surface area contributed by atoms with Crippen LogP contribution >= 0.6 is 0 Å². The first-order valence-corrected chi connectivity index (χ1v) is 26.4. The third-order valence-corrected chi connectivity index (χ3v) is 13.1. The highest BCUT2D eigenvalue weighted by Crippen LogP contribution is 2.28. The normalized spacial score (nSPS) is 11.2. The minimum atomic E-state index is -1.27. The van der Waals surface area contributed by atoms with Crippen molar-refractivity contribution in [3.8, 4) is 0 Å². The van der Waals surface area contributed by atoms with Gasteiger partial charge in [-0.3, -0.25) is 34.2 Å². The van der Waals surface area contributed by atoms with Gasteiger partial charge in [0.2, 0.25) is 0 Å². The minimum absolute atomic E-state index is 0.0841. The molecule has 0 spiro atoms. The molecule has 372 valence electrons. The first-order chi connectivity index (χ1) is 34.4. The Balaban J connectivity index is 0.000000216. The van der Waals surface area contributed by atoms with Gasteiger partial charge in [-0.15, -0.1) is 0 Å². The van der Waals surface area contributed by atoms with Crippen LogP contribution in [0.2, 0.25) is 25.7 Å². The van der Waals surface area contributed by atoms with E-state index in [1.165, 1.54) is 52.7 Å². The molecule has 0 aliphatic carbocycles. The lowest BCUT2D eigenvalue weighted by atomic mass is 10.1. The first-order valence-electron chi connectivity index (χ1n) is 22.7. The van der Waals surface area contributed by atoms with Crippen molar-refractivity contribution in [1.29, 1.82) is 0 Å². The molecule has 0 saturated carbocycles. The van der Waals surface area contributed by atoms with Crippen LogP contribution in [0.5, 0.6) is 0 Å². The second-order valence-corrected chi connectivity index (χ2v) is 23.7. The summed E-state index contributed by atoms with van der Waals surface area (Å²) in [5.74, 6) is -3.55. The standard InChI is InChI=1S/C28H34FN7O3Si.C22H20FN7O2/c1-19-6-5-11-31-24(19)17-35(16-20-7-9-21(29)10-8-20)28(38)27(37)34-23-15-32-26(30)22-14-33-36(25(22)23)18-39-12-13-40(2,3)4;1-13-3-2-8-25-18(13)12-30(11-14-4-6-15(23)7-5-14)22(32)21(31)28-17-10-26-20(24)16-9-27-29-19(16)17/h5-11,14-15H,12-13,16-18H2,1-4H3,(H2,30,32)(H,34,37);2-10H,11-12H2,1H3,(H2,24,26)(H,27,29)(H,28,31). The largest absolute Gasteiger partial charge is 0.383 e. The Morgan fingerprint density at radius 2 is 1.17 bits per heavy atom. The molecular weight excluding hydrogens is 943 g/mol. The molecule has 22 heteroatoms. The maximum atomic E-state index is 13.5. The summed E-state index contributed by atoms with van der Waals surface area (Å²) in [6.45, 7) is 11.7. The fourth-order valence-electron chi connectivity index (χ4n) is 7.28. The fourth-order valence-corrected chi connectivity index (χ4v) is 8.03. The van der Waals surface area contributed by atoms with Gasteiger partial charge in [0.15, 0.2) is 0 Å². The number of nitrogens with zero attached hydrogens (tertiary/aromatic N) is 9. The molecule has 8 rings (SSSR count). The third-order valence-electron chi connectivity index (χ3n) is 11.4. The van der Waals surface area contributed by atoms with E-state index in [-0.39, 0.29) is 67.6 Å². The van der Waals surface area contributed by atoms with Crippen LogP contribution in [0.3, 0.4) is 0 Å². The molecule has 8 aromatic rings. The van der Waals surface area contributed by atoms with E-state index in [9.17, 15) is 28.0 Å². The van der Waals surface area contributed by atoms with E-state index in [4.69, 9.17) is 16.2 Å². The number of nitrogens with one attached hydrogen (secondary N) is 3. The lowest BCUT2D eigenvalue weighted by molar-refractivity contribution is -0.144. The average Bonchev–Trinajstić information content (AvgIpc) is 4.04. The Labute approximate surface area is 414 Å². The van der Waals surface area contributed by atoms with Crippen LogP contribution in [0, 0.1) is 25.5 Å². The SMILES string of the molecule is Cc1cccnc1CN(Cc1ccc(F)cc1)C(=O)C(=O)Nc1cnc(N)c2cn[nH]c12.Cc1cccnc1CN(Cc1ccc(F)cc1)C(=O)C(=O)Nc1cnc(N)c2cnn(COCC[Si](C)(C)C)c12. The van der Waals surface area contributed by atoms with Gasteiger partial charge in [-0.05, 0) is 78.5 Å². The zero-order chi connectivity index (χ0) is 51.5. The summed E-state index contributed by atoms with van der Waals surface area (Å²) in [4.78, 5) is 72.4. The molecular formula is C50H54F2N14O5Si. The van der Waals surface area contributed by atoms with Gasteiger partial charge < -0.3 is 36.6 Å². The second kappa shape index (κ2) is 22.9. The lowest BCUT2D eigenvalue weighted by Crippen LogP contribution is -2.39. The van der Waals surface area contributed by atoms with E-state index in [1.807, 2.05) is 26.0 Å². The number of aromatic nitrogens is 8.